The average Bonchev–Trinajstić information content (AvgIpc) is 2.60. The van der Waals surface area contributed by atoms with Crippen molar-refractivity contribution in [1.82, 2.24) is 10.2 Å². The number of aromatic nitrogens is 2. The number of aromatic carboxylic acids is 2. The van der Waals surface area contributed by atoms with Gasteiger partial charge in [0, 0.05) is 10.9 Å². The largest absolute Gasteiger partial charge is 2.00 e. The molecule has 1 heterocycles. The molecule has 0 unspecified atom stereocenters. The maximum Gasteiger partial charge on any atom is 2.00 e. The van der Waals surface area contributed by atoms with Crippen LogP contribution in [0.2, 0.25) is 0 Å². The van der Waals surface area contributed by atoms with E-state index in [2.05, 4.69) is 10.2 Å². The van der Waals surface area contributed by atoms with Crippen LogP contribution in [0.25, 0.3) is 10.9 Å². The molecular weight excluding hydrogens is 265 g/mol. The second-order valence-corrected chi connectivity index (χ2v) is 2.88. The minimum atomic E-state index is -1.53. The molecule has 0 saturated heterocycles. The number of aromatic amines is 1. The van der Waals surface area contributed by atoms with Crippen molar-refractivity contribution in [2.75, 3.05) is 0 Å². The Morgan fingerprint density at radius 1 is 1.19 bits per heavy atom. The molecule has 1 aromatic heterocycles. The molecule has 0 bridgehead atoms. The number of rotatable bonds is 2. The Kier molecular flexibility index (Phi) is 3.39. The van der Waals surface area contributed by atoms with Crippen molar-refractivity contribution >= 4 is 22.8 Å². The van der Waals surface area contributed by atoms with Crippen LogP contribution in [-0.2, 0) is 19.5 Å². The van der Waals surface area contributed by atoms with E-state index in [1.165, 1.54) is 18.2 Å². The summed E-state index contributed by atoms with van der Waals surface area (Å²) < 4.78 is 0. The molecule has 2 aromatic rings. The maximum absolute atomic E-state index is 10.7. The van der Waals surface area contributed by atoms with Crippen LogP contribution in [0.1, 0.15) is 20.8 Å². The SMILES string of the molecule is O=C([O-])c1cccc2[nH]nc(C(=O)[O-])c12.[Zn+2]. The topological polar surface area (TPSA) is 109 Å². The first-order chi connectivity index (χ1) is 7.11. The summed E-state index contributed by atoms with van der Waals surface area (Å²) in [6.07, 6.45) is 0. The normalized spacial score (nSPS) is 9.75. The molecule has 2 rings (SSSR count). The fourth-order valence-electron chi connectivity index (χ4n) is 1.39. The molecule has 0 aliphatic rings. The first-order valence-corrected chi connectivity index (χ1v) is 4.01. The zero-order valence-corrected chi connectivity index (χ0v) is 11.0. The zero-order valence-electron chi connectivity index (χ0n) is 8.02. The van der Waals surface area contributed by atoms with Crippen molar-refractivity contribution in [3.8, 4) is 0 Å². The number of carbonyl (C=O) groups is 2. The fraction of sp³-hybridized carbons (Fsp3) is 0. The van der Waals surface area contributed by atoms with Gasteiger partial charge in [0.15, 0.2) is 0 Å². The second-order valence-electron chi connectivity index (χ2n) is 2.88. The van der Waals surface area contributed by atoms with E-state index in [1.54, 1.807) is 0 Å². The number of nitrogens with zero attached hydrogens (tertiary/aromatic N) is 1. The van der Waals surface area contributed by atoms with Gasteiger partial charge < -0.3 is 19.8 Å². The van der Waals surface area contributed by atoms with Crippen molar-refractivity contribution in [2.24, 2.45) is 0 Å². The van der Waals surface area contributed by atoms with Gasteiger partial charge in [0.1, 0.15) is 5.69 Å². The van der Waals surface area contributed by atoms with E-state index in [0.29, 0.717) is 5.52 Å². The smallest absolute Gasteiger partial charge is 0.545 e. The molecule has 0 fully saturated rings. The number of hydrogen-bond donors (Lipinski definition) is 1. The summed E-state index contributed by atoms with van der Waals surface area (Å²) in [5, 5.41) is 27.2. The number of nitrogens with one attached hydrogen (secondary N) is 1. The molecule has 0 saturated carbocycles. The molecule has 0 aliphatic carbocycles. The van der Waals surface area contributed by atoms with Gasteiger partial charge in [-0.05, 0) is 6.07 Å². The van der Waals surface area contributed by atoms with Gasteiger partial charge >= 0.3 is 19.5 Å². The van der Waals surface area contributed by atoms with Crippen LogP contribution >= 0.6 is 0 Å². The summed E-state index contributed by atoms with van der Waals surface area (Å²) in [5.41, 5.74) is -0.332. The second kappa shape index (κ2) is 4.41. The standard InChI is InChI=1S/C9H6N2O4.Zn/c12-8(13)4-2-1-3-5-6(4)7(9(14)15)11-10-5;/h1-3H,(H,10,11)(H,12,13)(H,14,15);/q;+2/p-2. The van der Waals surface area contributed by atoms with Crippen LogP contribution < -0.4 is 10.2 Å². The molecule has 0 spiro atoms. The summed E-state index contributed by atoms with van der Waals surface area (Å²) in [6.45, 7) is 0. The van der Waals surface area contributed by atoms with E-state index >= 15 is 0 Å². The Bertz CT molecular complexity index is 564. The van der Waals surface area contributed by atoms with Gasteiger partial charge in [0.2, 0.25) is 0 Å². The molecule has 6 nitrogen and oxygen atoms in total. The molecule has 0 radical (unpaired) electrons. The van der Waals surface area contributed by atoms with Crippen molar-refractivity contribution in [3.05, 3.63) is 29.5 Å². The van der Waals surface area contributed by atoms with E-state index in [1.807, 2.05) is 0 Å². The molecule has 0 amide bonds. The van der Waals surface area contributed by atoms with Crippen LogP contribution in [0.4, 0.5) is 0 Å². The van der Waals surface area contributed by atoms with Gasteiger partial charge in [-0.25, -0.2) is 0 Å². The van der Waals surface area contributed by atoms with Gasteiger partial charge in [-0.3, -0.25) is 5.10 Å². The molecule has 1 aromatic carbocycles. The molecule has 76 valence electrons. The van der Waals surface area contributed by atoms with Gasteiger partial charge in [-0.2, -0.15) is 5.10 Å². The summed E-state index contributed by atoms with van der Waals surface area (Å²) in [5.74, 6) is -2.99. The third-order valence-electron chi connectivity index (χ3n) is 2.00. The fourth-order valence-corrected chi connectivity index (χ4v) is 1.39. The maximum atomic E-state index is 10.7. The van der Waals surface area contributed by atoms with Crippen molar-refractivity contribution in [1.29, 1.82) is 0 Å². The van der Waals surface area contributed by atoms with Crippen LogP contribution in [0.15, 0.2) is 18.2 Å². The Morgan fingerprint density at radius 3 is 2.44 bits per heavy atom. The van der Waals surface area contributed by atoms with E-state index in [-0.39, 0.29) is 30.4 Å². The van der Waals surface area contributed by atoms with E-state index in [4.69, 9.17) is 0 Å². The van der Waals surface area contributed by atoms with E-state index in [9.17, 15) is 19.8 Å². The third-order valence-corrected chi connectivity index (χ3v) is 2.00. The van der Waals surface area contributed by atoms with E-state index < -0.39 is 17.6 Å². The first-order valence-electron chi connectivity index (χ1n) is 4.01. The van der Waals surface area contributed by atoms with Gasteiger partial charge in [0.05, 0.1) is 17.5 Å². The summed E-state index contributed by atoms with van der Waals surface area (Å²) in [4.78, 5) is 21.4. The molecule has 0 atom stereocenters. The number of fused-ring (bicyclic) bond motifs is 1. The summed E-state index contributed by atoms with van der Waals surface area (Å²) in [6, 6.07) is 4.23. The van der Waals surface area contributed by atoms with Gasteiger partial charge in [0.25, 0.3) is 0 Å². The quantitative estimate of drug-likeness (QED) is 0.653. The third kappa shape index (κ3) is 1.81. The Hall–Kier alpha value is -1.75. The summed E-state index contributed by atoms with van der Waals surface area (Å²) in [7, 11) is 0. The number of hydrogen-bond acceptors (Lipinski definition) is 5. The molecule has 1 N–H and O–H groups in total. The van der Waals surface area contributed by atoms with Crippen LogP contribution in [-0.4, -0.2) is 22.1 Å². The van der Waals surface area contributed by atoms with Crippen molar-refractivity contribution in [2.45, 2.75) is 0 Å². The summed E-state index contributed by atoms with van der Waals surface area (Å²) >= 11 is 0. The Labute approximate surface area is 102 Å². The monoisotopic (exact) mass is 268 g/mol. The Morgan fingerprint density at radius 2 is 1.88 bits per heavy atom. The number of carbonyl (C=O) groups excluding carboxylic acids is 2. The molecular formula is C9H4N2O4Zn. The number of H-pyrrole nitrogens is 1. The molecule has 16 heavy (non-hydrogen) atoms. The van der Waals surface area contributed by atoms with Gasteiger partial charge in [-0.1, -0.05) is 12.1 Å². The number of carboxylic acid groups (broad SMARTS) is 2. The first kappa shape index (κ1) is 12.3. The average molecular weight is 270 g/mol. The van der Waals surface area contributed by atoms with Crippen molar-refractivity contribution < 1.29 is 39.3 Å². The molecule has 0 aliphatic heterocycles. The number of carboxylic acids is 2. The minimum Gasteiger partial charge on any atom is -0.545 e. The van der Waals surface area contributed by atoms with Crippen LogP contribution in [0.3, 0.4) is 0 Å². The molecule has 7 heteroatoms. The van der Waals surface area contributed by atoms with Gasteiger partial charge in [-0.15, -0.1) is 0 Å². The van der Waals surface area contributed by atoms with Crippen molar-refractivity contribution in [3.63, 3.8) is 0 Å². The zero-order chi connectivity index (χ0) is 11.0. The minimum absolute atomic E-state index is 0. The Balaban J connectivity index is 0.00000128. The van der Waals surface area contributed by atoms with E-state index in [0.717, 1.165) is 0 Å². The predicted molar refractivity (Wildman–Crippen MR) is 44.8 cm³/mol. The van der Waals surface area contributed by atoms with Crippen LogP contribution in [0.5, 0.6) is 0 Å². The predicted octanol–water partition coefficient (Wildman–Crippen LogP) is -1.71. The van der Waals surface area contributed by atoms with Crippen LogP contribution in [0, 0.1) is 0 Å². The number of benzene rings is 1.